The van der Waals surface area contributed by atoms with Crippen molar-refractivity contribution in [3.8, 4) is 0 Å². The number of nitrogens with one attached hydrogen (secondary N) is 2. The lowest BCUT2D eigenvalue weighted by Gasteiger charge is -2.26. The van der Waals surface area contributed by atoms with Crippen LogP contribution in [0, 0.1) is 11.8 Å². The second-order valence-electron chi connectivity index (χ2n) is 8.84. The summed E-state index contributed by atoms with van der Waals surface area (Å²) in [5.41, 5.74) is 0. The van der Waals surface area contributed by atoms with Gasteiger partial charge in [-0.15, -0.1) is 0 Å². The van der Waals surface area contributed by atoms with E-state index in [-0.39, 0.29) is 5.92 Å². The summed E-state index contributed by atoms with van der Waals surface area (Å²) in [6.07, 6.45) is 9.60. The van der Waals surface area contributed by atoms with Crippen molar-refractivity contribution in [2.75, 3.05) is 40.3 Å². The molecule has 0 spiro atoms. The number of guanidine groups is 1. The zero-order chi connectivity index (χ0) is 19.2. The largest absolute Gasteiger partial charge is 0.357 e. The van der Waals surface area contributed by atoms with E-state index in [0.717, 1.165) is 57.3 Å². The number of carbonyl (C=O) groups excluding carboxylic acids is 1. The number of amides is 1. The van der Waals surface area contributed by atoms with Crippen molar-refractivity contribution in [2.24, 2.45) is 16.8 Å². The summed E-state index contributed by atoms with van der Waals surface area (Å²) in [7, 11) is 4.31. The molecule has 0 aromatic rings. The van der Waals surface area contributed by atoms with Gasteiger partial charge in [0.2, 0.25) is 5.91 Å². The van der Waals surface area contributed by atoms with E-state index in [1.54, 1.807) is 0 Å². The molecule has 0 radical (unpaired) electrons. The third kappa shape index (κ3) is 5.84. The molecule has 1 aliphatic heterocycles. The number of likely N-dealkylation sites (N-methyl/N-ethyl adjacent to an activating group) is 1. The molecule has 154 valence electrons. The third-order valence-electron chi connectivity index (χ3n) is 6.41. The molecule has 2 saturated carbocycles. The predicted octanol–water partition coefficient (Wildman–Crippen LogP) is 2.06. The molecule has 2 N–H and O–H groups in total. The fourth-order valence-electron chi connectivity index (χ4n) is 4.60. The average Bonchev–Trinajstić information content (AvgIpc) is 3.39. The average molecular weight is 378 g/mol. The van der Waals surface area contributed by atoms with Gasteiger partial charge >= 0.3 is 0 Å². The van der Waals surface area contributed by atoms with Crippen LogP contribution in [0.2, 0.25) is 0 Å². The lowest BCUT2D eigenvalue weighted by molar-refractivity contribution is -0.135. The normalized spacial score (nSPS) is 25.7. The van der Waals surface area contributed by atoms with E-state index in [0.29, 0.717) is 18.0 Å². The molecule has 2 aliphatic carbocycles. The van der Waals surface area contributed by atoms with Crippen LogP contribution in [0.15, 0.2) is 4.99 Å². The first-order chi connectivity index (χ1) is 13.1. The molecule has 0 aromatic carbocycles. The highest BCUT2D eigenvalue weighted by atomic mass is 16.2. The van der Waals surface area contributed by atoms with Gasteiger partial charge in [0.05, 0.1) is 6.54 Å². The second-order valence-corrected chi connectivity index (χ2v) is 8.84. The second kappa shape index (κ2) is 9.76. The van der Waals surface area contributed by atoms with Crippen molar-refractivity contribution >= 4 is 11.9 Å². The van der Waals surface area contributed by atoms with E-state index in [1.807, 2.05) is 0 Å². The minimum Gasteiger partial charge on any atom is -0.357 e. The Kier molecular flexibility index (Phi) is 7.39. The van der Waals surface area contributed by atoms with Crippen LogP contribution in [0.25, 0.3) is 0 Å². The minimum absolute atomic E-state index is 0.277. The van der Waals surface area contributed by atoms with Crippen molar-refractivity contribution in [2.45, 2.75) is 70.4 Å². The van der Waals surface area contributed by atoms with Gasteiger partial charge in [0.1, 0.15) is 0 Å². The van der Waals surface area contributed by atoms with E-state index in [1.165, 1.54) is 32.1 Å². The Labute approximate surface area is 165 Å². The lowest BCUT2D eigenvalue weighted by atomic mass is 9.88. The summed E-state index contributed by atoms with van der Waals surface area (Å²) in [4.78, 5) is 22.0. The van der Waals surface area contributed by atoms with E-state index < -0.39 is 0 Å². The van der Waals surface area contributed by atoms with E-state index >= 15 is 0 Å². The summed E-state index contributed by atoms with van der Waals surface area (Å²) in [6.45, 7) is 5.51. The van der Waals surface area contributed by atoms with Crippen molar-refractivity contribution < 1.29 is 4.79 Å². The zero-order valence-electron chi connectivity index (χ0n) is 17.5. The van der Waals surface area contributed by atoms with Crippen LogP contribution in [-0.2, 0) is 4.79 Å². The van der Waals surface area contributed by atoms with Gasteiger partial charge in [-0.2, -0.15) is 0 Å². The van der Waals surface area contributed by atoms with Gasteiger partial charge in [-0.25, -0.2) is 0 Å². The van der Waals surface area contributed by atoms with E-state index in [2.05, 4.69) is 41.5 Å². The first-order valence-electron chi connectivity index (χ1n) is 11.1. The van der Waals surface area contributed by atoms with Crippen LogP contribution in [0.4, 0.5) is 0 Å². The van der Waals surface area contributed by atoms with Crippen molar-refractivity contribution in [1.29, 1.82) is 0 Å². The Hall–Kier alpha value is -1.30. The maximum absolute atomic E-state index is 12.8. The third-order valence-corrected chi connectivity index (χ3v) is 6.41. The summed E-state index contributed by atoms with van der Waals surface area (Å²) >= 11 is 0. The molecular formula is C21H39N5O. The summed E-state index contributed by atoms with van der Waals surface area (Å²) in [5.74, 6) is 2.38. The van der Waals surface area contributed by atoms with Gasteiger partial charge < -0.3 is 20.4 Å². The Balaban J connectivity index is 1.50. The van der Waals surface area contributed by atoms with Crippen LogP contribution < -0.4 is 10.6 Å². The molecule has 3 aliphatic rings. The highest BCUT2D eigenvalue weighted by Crippen LogP contribution is 2.34. The number of nitrogens with zero attached hydrogens (tertiary/aromatic N) is 3. The number of rotatable bonds is 7. The SMILES string of the molecule is CCNC(=NCC(C1CC1)N(C)C)NC1CCN(C(=O)C2CCCCC2)C1. The van der Waals surface area contributed by atoms with Crippen LogP contribution >= 0.6 is 0 Å². The molecule has 3 rings (SSSR count). The van der Waals surface area contributed by atoms with Gasteiger partial charge in [0.25, 0.3) is 0 Å². The Morgan fingerprint density at radius 2 is 1.89 bits per heavy atom. The molecular weight excluding hydrogens is 338 g/mol. The zero-order valence-corrected chi connectivity index (χ0v) is 17.5. The summed E-state index contributed by atoms with van der Waals surface area (Å²) < 4.78 is 0. The quantitative estimate of drug-likeness (QED) is 0.527. The molecule has 6 nitrogen and oxygen atoms in total. The summed E-state index contributed by atoms with van der Waals surface area (Å²) in [6, 6.07) is 0.850. The van der Waals surface area contributed by atoms with E-state index in [9.17, 15) is 4.79 Å². The molecule has 3 fully saturated rings. The van der Waals surface area contributed by atoms with Crippen LogP contribution in [-0.4, -0.2) is 74.0 Å². The number of likely N-dealkylation sites (tertiary alicyclic amines) is 1. The number of hydrogen-bond donors (Lipinski definition) is 2. The molecule has 0 bridgehead atoms. The van der Waals surface area contributed by atoms with Crippen LogP contribution in [0.3, 0.4) is 0 Å². The number of aliphatic imine (C=N–C) groups is 1. The van der Waals surface area contributed by atoms with Crippen LogP contribution in [0.1, 0.15) is 58.3 Å². The monoisotopic (exact) mass is 377 g/mol. The molecule has 2 atom stereocenters. The fraction of sp³-hybridized carbons (Fsp3) is 0.905. The summed E-state index contributed by atoms with van der Waals surface area (Å²) in [5, 5.41) is 6.97. The molecule has 2 unspecified atom stereocenters. The topological polar surface area (TPSA) is 60.0 Å². The highest BCUT2D eigenvalue weighted by molar-refractivity contribution is 5.81. The fourth-order valence-corrected chi connectivity index (χ4v) is 4.60. The first kappa shape index (κ1) is 20.4. The van der Waals surface area contributed by atoms with Crippen molar-refractivity contribution in [3.05, 3.63) is 0 Å². The van der Waals surface area contributed by atoms with Gasteiger partial charge in [0.15, 0.2) is 5.96 Å². The lowest BCUT2D eigenvalue weighted by Crippen LogP contribution is -2.46. The van der Waals surface area contributed by atoms with Gasteiger partial charge in [-0.3, -0.25) is 9.79 Å². The smallest absolute Gasteiger partial charge is 0.225 e. The van der Waals surface area contributed by atoms with E-state index in [4.69, 9.17) is 4.99 Å². The maximum Gasteiger partial charge on any atom is 0.225 e. The predicted molar refractivity (Wildman–Crippen MR) is 111 cm³/mol. The highest BCUT2D eigenvalue weighted by Gasteiger charge is 2.33. The van der Waals surface area contributed by atoms with Crippen molar-refractivity contribution in [3.63, 3.8) is 0 Å². The van der Waals surface area contributed by atoms with Gasteiger partial charge in [-0.05, 0) is 59.0 Å². The molecule has 6 heteroatoms. The van der Waals surface area contributed by atoms with Gasteiger partial charge in [-0.1, -0.05) is 19.3 Å². The molecule has 0 aromatic heterocycles. The Morgan fingerprint density at radius 1 is 1.15 bits per heavy atom. The van der Waals surface area contributed by atoms with Gasteiger partial charge in [0, 0.05) is 37.6 Å². The molecule has 1 saturated heterocycles. The van der Waals surface area contributed by atoms with Crippen LogP contribution in [0.5, 0.6) is 0 Å². The number of carbonyl (C=O) groups is 1. The number of hydrogen-bond acceptors (Lipinski definition) is 3. The molecule has 1 heterocycles. The standard InChI is InChI=1S/C21H39N5O/c1-4-22-21(23-14-19(25(2)3)16-10-11-16)24-18-12-13-26(15-18)20(27)17-8-6-5-7-9-17/h16-19H,4-15H2,1-3H3,(H2,22,23,24). The molecule has 27 heavy (non-hydrogen) atoms. The Bertz CT molecular complexity index is 509. The molecule has 1 amide bonds. The first-order valence-corrected chi connectivity index (χ1v) is 11.1. The van der Waals surface area contributed by atoms with Crippen molar-refractivity contribution in [1.82, 2.24) is 20.4 Å². The maximum atomic E-state index is 12.8. The Morgan fingerprint density at radius 3 is 2.52 bits per heavy atom. The minimum atomic E-state index is 0.277.